The fourth-order valence-corrected chi connectivity index (χ4v) is 2.66. The van der Waals surface area contributed by atoms with Crippen LogP contribution in [0.4, 0.5) is 0 Å². The smallest absolute Gasteiger partial charge is 0.305 e. The van der Waals surface area contributed by atoms with E-state index in [-0.39, 0.29) is 13.0 Å². The second kappa shape index (κ2) is 6.39. The van der Waals surface area contributed by atoms with E-state index in [0.29, 0.717) is 6.42 Å². The molecule has 0 aliphatic carbocycles. The Hall–Kier alpha value is -1.38. The summed E-state index contributed by atoms with van der Waals surface area (Å²) in [6.07, 6.45) is -0.539. The van der Waals surface area contributed by atoms with Crippen LogP contribution in [0.3, 0.4) is 0 Å². The van der Waals surface area contributed by atoms with E-state index in [1.807, 2.05) is 6.92 Å². The molecule has 4 atom stereocenters. The summed E-state index contributed by atoms with van der Waals surface area (Å²) < 4.78 is 22.1. The molecule has 0 spiro atoms. The summed E-state index contributed by atoms with van der Waals surface area (Å²) >= 11 is 0. The van der Waals surface area contributed by atoms with Crippen molar-refractivity contribution in [3.63, 3.8) is 0 Å². The summed E-state index contributed by atoms with van der Waals surface area (Å²) in [6.45, 7) is 4.56. The van der Waals surface area contributed by atoms with Gasteiger partial charge in [-0.2, -0.15) is 0 Å². The molecule has 9 nitrogen and oxygen atoms in total. The molecule has 124 valence electrons. The molecule has 2 rings (SSSR count). The van der Waals surface area contributed by atoms with Crippen molar-refractivity contribution in [2.75, 3.05) is 13.2 Å². The second-order valence-corrected chi connectivity index (χ2v) is 5.87. The molecule has 2 aliphatic heterocycles. The van der Waals surface area contributed by atoms with Crippen LogP contribution in [0.25, 0.3) is 10.4 Å². The lowest BCUT2D eigenvalue weighted by Gasteiger charge is -2.32. The lowest BCUT2D eigenvalue weighted by atomic mass is 9.95. The van der Waals surface area contributed by atoms with Gasteiger partial charge in [0.05, 0.1) is 6.61 Å². The van der Waals surface area contributed by atoms with Crippen molar-refractivity contribution in [1.82, 2.24) is 0 Å². The Balaban J connectivity index is 2.16. The summed E-state index contributed by atoms with van der Waals surface area (Å²) in [6, 6.07) is -0.858. The molecule has 0 radical (unpaired) electrons. The molecule has 2 fully saturated rings. The van der Waals surface area contributed by atoms with Crippen molar-refractivity contribution in [3.05, 3.63) is 10.4 Å². The number of fused-ring (bicyclic) bond motifs is 1. The number of nitrogens with zero attached hydrogens (tertiary/aromatic N) is 3. The van der Waals surface area contributed by atoms with Crippen LogP contribution < -0.4 is 0 Å². The molecule has 0 aromatic heterocycles. The van der Waals surface area contributed by atoms with Gasteiger partial charge in [-0.05, 0) is 25.8 Å². The zero-order valence-corrected chi connectivity index (χ0v) is 12.9. The third-order valence-electron chi connectivity index (χ3n) is 3.66. The normalized spacial score (nSPS) is 35.7. The van der Waals surface area contributed by atoms with E-state index in [9.17, 15) is 9.90 Å². The van der Waals surface area contributed by atoms with Gasteiger partial charge in [-0.1, -0.05) is 12.0 Å². The highest BCUT2D eigenvalue weighted by Gasteiger charge is 2.62. The van der Waals surface area contributed by atoms with Crippen LogP contribution in [0.15, 0.2) is 5.11 Å². The number of aliphatic hydroxyl groups excluding tert-OH is 1. The first-order valence-corrected chi connectivity index (χ1v) is 7.21. The minimum absolute atomic E-state index is 0.230. The lowest BCUT2D eigenvalue weighted by Crippen LogP contribution is -2.50. The highest BCUT2D eigenvalue weighted by atomic mass is 16.8. The van der Waals surface area contributed by atoms with Gasteiger partial charge in [0, 0.05) is 11.3 Å². The number of rotatable bonds is 6. The maximum absolute atomic E-state index is 11.5. The zero-order chi connectivity index (χ0) is 16.4. The molecule has 0 unspecified atom stereocenters. The van der Waals surface area contributed by atoms with E-state index < -0.39 is 42.4 Å². The minimum Gasteiger partial charge on any atom is -0.462 e. The van der Waals surface area contributed by atoms with Crippen LogP contribution in [-0.4, -0.2) is 54.1 Å². The van der Waals surface area contributed by atoms with Gasteiger partial charge >= 0.3 is 5.97 Å². The number of hydrogen-bond acceptors (Lipinski definition) is 7. The summed E-state index contributed by atoms with van der Waals surface area (Å²) in [5.74, 6) is -1.28. The molecule has 0 amide bonds. The van der Waals surface area contributed by atoms with Crippen LogP contribution in [0.5, 0.6) is 0 Å². The van der Waals surface area contributed by atoms with Crippen molar-refractivity contribution < 1.29 is 28.8 Å². The van der Waals surface area contributed by atoms with Gasteiger partial charge in [-0.3, -0.25) is 4.79 Å². The van der Waals surface area contributed by atoms with Gasteiger partial charge in [0.2, 0.25) is 0 Å². The highest BCUT2D eigenvalue weighted by molar-refractivity contribution is 5.69. The number of hydrogen-bond donors (Lipinski definition) is 1. The minimum atomic E-state index is -1.36. The Morgan fingerprint density at radius 2 is 2.14 bits per heavy atom. The molecular formula is C13H21N3O6. The van der Waals surface area contributed by atoms with Gasteiger partial charge in [0.1, 0.15) is 24.4 Å². The average Bonchev–Trinajstić information content (AvgIpc) is 2.88. The third kappa shape index (κ3) is 3.18. The summed E-state index contributed by atoms with van der Waals surface area (Å²) in [5, 5.41) is 13.4. The van der Waals surface area contributed by atoms with Crippen molar-refractivity contribution in [3.8, 4) is 0 Å². The van der Waals surface area contributed by atoms with E-state index in [1.54, 1.807) is 13.8 Å². The molecule has 0 saturated carbocycles. The Labute approximate surface area is 128 Å². The predicted molar refractivity (Wildman–Crippen MR) is 73.5 cm³/mol. The second-order valence-electron chi connectivity index (χ2n) is 5.87. The molecule has 9 heteroatoms. The summed E-state index contributed by atoms with van der Waals surface area (Å²) in [5.41, 5.74) is 7.42. The molecule has 0 aromatic rings. The maximum Gasteiger partial charge on any atom is 0.305 e. The fourth-order valence-electron chi connectivity index (χ4n) is 2.66. The highest BCUT2D eigenvalue weighted by Crippen LogP contribution is 2.43. The van der Waals surface area contributed by atoms with Crippen LogP contribution in [0.2, 0.25) is 0 Å². The van der Waals surface area contributed by atoms with Crippen molar-refractivity contribution in [2.24, 2.45) is 5.11 Å². The molecule has 2 aliphatic rings. The topological polar surface area (TPSA) is 123 Å². The lowest BCUT2D eigenvalue weighted by molar-refractivity contribution is -0.241. The van der Waals surface area contributed by atoms with E-state index in [4.69, 9.17) is 24.5 Å². The monoisotopic (exact) mass is 315 g/mol. The maximum atomic E-state index is 11.5. The summed E-state index contributed by atoms with van der Waals surface area (Å²) in [4.78, 5) is 14.3. The van der Waals surface area contributed by atoms with Gasteiger partial charge in [0.25, 0.3) is 0 Å². The average molecular weight is 315 g/mol. The van der Waals surface area contributed by atoms with Gasteiger partial charge in [-0.25, -0.2) is 0 Å². The number of carbonyl (C=O) groups excluding carboxylic acids is 1. The number of carbonyl (C=O) groups is 1. The first-order valence-electron chi connectivity index (χ1n) is 7.21. The largest absolute Gasteiger partial charge is 0.462 e. The molecule has 1 N–H and O–H groups in total. The van der Waals surface area contributed by atoms with Gasteiger partial charge in [-0.15, -0.1) is 0 Å². The van der Waals surface area contributed by atoms with Crippen molar-refractivity contribution in [1.29, 1.82) is 0 Å². The SMILES string of the molecule is CCCC(=O)OC[C@@]1(CO)O[C@@H]2OC(C)(C)O[C@@H]2[C@@H]1N=[N+]=[N-]. The van der Waals surface area contributed by atoms with Crippen LogP contribution in [0.1, 0.15) is 33.6 Å². The molecule has 22 heavy (non-hydrogen) atoms. The van der Waals surface area contributed by atoms with Crippen LogP contribution in [-0.2, 0) is 23.7 Å². The first-order chi connectivity index (χ1) is 10.4. The van der Waals surface area contributed by atoms with E-state index in [2.05, 4.69) is 10.0 Å². The number of esters is 1. The molecule has 0 bridgehead atoms. The quantitative estimate of drug-likeness (QED) is 0.340. The van der Waals surface area contributed by atoms with Gasteiger partial charge in [0.15, 0.2) is 12.1 Å². The summed E-state index contributed by atoms with van der Waals surface area (Å²) in [7, 11) is 0. The molecule has 0 aromatic carbocycles. The molecular weight excluding hydrogens is 294 g/mol. The number of aliphatic hydroxyl groups is 1. The van der Waals surface area contributed by atoms with Crippen molar-refractivity contribution in [2.45, 2.75) is 63.4 Å². The van der Waals surface area contributed by atoms with Crippen molar-refractivity contribution >= 4 is 5.97 Å². The van der Waals surface area contributed by atoms with Crippen LogP contribution in [0, 0.1) is 0 Å². The molecule has 2 heterocycles. The Bertz CT molecular complexity index is 478. The van der Waals surface area contributed by atoms with E-state index in [0.717, 1.165) is 0 Å². The zero-order valence-electron chi connectivity index (χ0n) is 12.9. The predicted octanol–water partition coefficient (Wildman–Crippen LogP) is 1.25. The molecule has 2 saturated heterocycles. The number of azide groups is 1. The van der Waals surface area contributed by atoms with Crippen LogP contribution >= 0.6 is 0 Å². The standard InChI is InChI=1S/C13H21N3O6/c1-4-5-8(18)19-7-13(6-17)10(15-16-14)9-11(22-13)21-12(2,3)20-9/h9-11,17H,4-7H2,1-3H3/t9-,10+,11+,13-/m1/s1. The first kappa shape index (κ1) is 17.0. The Morgan fingerprint density at radius 1 is 1.41 bits per heavy atom. The fraction of sp³-hybridized carbons (Fsp3) is 0.923. The van der Waals surface area contributed by atoms with E-state index >= 15 is 0 Å². The number of ether oxygens (including phenoxy) is 4. The van der Waals surface area contributed by atoms with E-state index in [1.165, 1.54) is 0 Å². The Kier molecular flexibility index (Phi) is 4.93. The Morgan fingerprint density at radius 3 is 2.73 bits per heavy atom. The van der Waals surface area contributed by atoms with Gasteiger partial charge < -0.3 is 24.1 Å². The third-order valence-corrected chi connectivity index (χ3v) is 3.66.